The molecule has 1 heterocycles. The van der Waals surface area contributed by atoms with Crippen molar-refractivity contribution in [1.82, 2.24) is 15.5 Å². The Morgan fingerprint density at radius 3 is 2.50 bits per heavy atom. The minimum Gasteiger partial charge on any atom is -0.481 e. The number of carboxylic acid groups (broad SMARTS) is 1. The van der Waals surface area contributed by atoms with Crippen LogP contribution in [0.25, 0.3) is 0 Å². The van der Waals surface area contributed by atoms with Crippen molar-refractivity contribution in [3.8, 4) is 0 Å². The highest BCUT2D eigenvalue weighted by Gasteiger charge is 2.32. The van der Waals surface area contributed by atoms with Gasteiger partial charge in [-0.3, -0.25) is 14.4 Å². The number of aryl methyl sites for hydroxylation is 1. The predicted octanol–water partition coefficient (Wildman–Crippen LogP) is 2.32. The number of carbonyl (C=O) groups excluding carboxylic acids is 3. The quantitative estimate of drug-likeness (QED) is 0.578. The number of hydrogen-bond acceptors (Lipinski definition) is 4. The van der Waals surface area contributed by atoms with Gasteiger partial charge in [-0.2, -0.15) is 0 Å². The standard InChI is InChI=1S/C24H25N3O5/c1-15-6-8-16(9-7-15)12-17-4-3-5-18(13-17)19(14-21(29)30)25-24(32)26-22-20(28)10-11-27(2)23(22)31/h3-11,13,19,22H,12,14H2,1-2H3,(H,29,30)(H2,25,26,32). The van der Waals surface area contributed by atoms with Crippen LogP contribution < -0.4 is 10.6 Å². The number of carboxylic acids is 1. The molecule has 3 amide bonds. The van der Waals surface area contributed by atoms with E-state index in [4.69, 9.17) is 0 Å². The van der Waals surface area contributed by atoms with Gasteiger partial charge in [0.05, 0.1) is 12.5 Å². The summed E-state index contributed by atoms with van der Waals surface area (Å²) < 4.78 is 0. The Kier molecular flexibility index (Phi) is 7.04. The lowest BCUT2D eigenvalue weighted by Crippen LogP contribution is -2.55. The molecular formula is C24H25N3O5. The van der Waals surface area contributed by atoms with E-state index in [0.29, 0.717) is 12.0 Å². The summed E-state index contributed by atoms with van der Waals surface area (Å²) in [5.74, 6) is -2.20. The second kappa shape index (κ2) is 9.91. The van der Waals surface area contributed by atoms with E-state index in [-0.39, 0.29) is 6.42 Å². The molecule has 2 atom stereocenters. The molecule has 32 heavy (non-hydrogen) atoms. The van der Waals surface area contributed by atoms with Gasteiger partial charge in [-0.25, -0.2) is 4.79 Å². The third kappa shape index (κ3) is 5.81. The van der Waals surface area contributed by atoms with Crippen LogP contribution in [-0.4, -0.2) is 46.8 Å². The molecule has 8 nitrogen and oxygen atoms in total. The monoisotopic (exact) mass is 435 g/mol. The Bertz CT molecular complexity index is 1060. The van der Waals surface area contributed by atoms with Crippen LogP contribution in [-0.2, 0) is 20.8 Å². The molecule has 0 saturated carbocycles. The van der Waals surface area contributed by atoms with Crippen LogP contribution in [0, 0.1) is 6.92 Å². The van der Waals surface area contributed by atoms with Crippen molar-refractivity contribution < 1.29 is 24.3 Å². The number of urea groups is 1. The van der Waals surface area contributed by atoms with Crippen LogP contribution >= 0.6 is 0 Å². The summed E-state index contributed by atoms with van der Waals surface area (Å²) in [7, 11) is 1.48. The second-order valence-corrected chi connectivity index (χ2v) is 7.78. The van der Waals surface area contributed by atoms with Crippen LogP contribution in [0.15, 0.2) is 60.8 Å². The van der Waals surface area contributed by atoms with Crippen molar-refractivity contribution in [3.63, 3.8) is 0 Å². The average molecular weight is 435 g/mol. The van der Waals surface area contributed by atoms with Crippen molar-refractivity contribution in [2.24, 2.45) is 0 Å². The molecule has 0 spiro atoms. The Labute approximate surface area is 185 Å². The number of carbonyl (C=O) groups is 4. The van der Waals surface area contributed by atoms with Crippen molar-refractivity contribution in [2.75, 3.05) is 7.05 Å². The van der Waals surface area contributed by atoms with E-state index < -0.39 is 35.8 Å². The van der Waals surface area contributed by atoms with E-state index in [1.165, 1.54) is 24.2 Å². The second-order valence-electron chi connectivity index (χ2n) is 7.78. The minimum absolute atomic E-state index is 0.353. The SMILES string of the molecule is Cc1ccc(Cc2cccc(C(CC(=O)O)NC(=O)NC3C(=O)C=CN(C)C3=O)c2)cc1. The number of rotatable bonds is 7. The van der Waals surface area contributed by atoms with Crippen LogP contribution in [0.5, 0.6) is 0 Å². The van der Waals surface area contributed by atoms with Gasteiger partial charge in [0, 0.05) is 19.3 Å². The molecule has 2 aromatic rings. The van der Waals surface area contributed by atoms with E-state index in [2.05, 4.69) is 10.6 Å². The maximum absolute atomic E-state index is 12.5. The van der Waals surface area contributed by atoms with Gasteiger partial charge in [-0.15, -0.1) is 0 Å². The first-order chi connectivity index (χ1) is 15.2. The molecule has 8 heteroatoms. The Balaban J connectivity index is 1.74. The molecule has 2 aromatic carbocycles. The highest BCUT2D eigenvalue weighted by atomic mass is 16.4. The largest absolute Gasteiger partial charge is 0.481 e. The number of amides is 3. The zero-order valence-electron chi connectivity index (χ0n) is 17.9. The van der Waals surface area contributed by atoms with Crippen molar-refractivity contribution in [2.45, 2.75) is 31.8 Å². The number of benzene rings is 2. The molecule has 0 bridgehead atoms. The van der Waals surface area contributed by atoms with Gasteiger partial charge in [0.25, 0.3) is 5.91 Å². The van der Waals surface area contributed by atoms with Gasteiger partial charge in [-0.05, 0) is 30.0 Å². The Morgan fingerprint density at radius 2 is 1.81 bits per heavy atom. The number of hydrogen-bond donors (Lipinski definition) is 3. The maximum atomic E-state index is 12.5. The third-order valence-electron chi connectivity index (χ3n) is 5.18. The van der Waals surface area contributed by atoms with Crippen molar-refractivity contribution in [1.29, 1.82) is 0 Å². The van der Waals surface area contributed by atoms with E-state index in [0.717, 1.165) is 16.7 Å². The van der Waals surface area contributed by atoms with Crippen LogP contribution in [0.1, 0.15) is 34.7 Å². The molecule has 0 aromatic heterocycles. The zero-order chi connectivity index (χ0) is 23.3. The molecule has 0 radical (unpaired) electrons. The molecule has 3 N–H and O–H groups in total. The average Bonchev–Trinajstić information content (AvgIpc) is 2.75. The van der Waals surface area contributed by atoms with Crippen LogP contribution in [0.4, 0.5) is 4.79 Å². The van der Waals surface area contributed by atoms with Gasteiger partial charge in [0.2, 0.25) is 0 Å². The van der Waals surface area contributed by atoms with Gasteiger partial charge >= 0.3 is 12.0 Å². The van der Waals surface area contributed by atoms with Crippen molar-refractivity contribution >= 4 is 23.7 Å². The predicted molar refractivity (Wildman–Crippen MR) is 118 cm³/mol. The van der Waals surface area contributed by atoms with Gasteiger partial charge in [0.15, 0.2) is 11.8 Å². The maximum Gasteiger partial charge on any atom is 0.316 e. The number of likely N-dealkylation sites (N-methyl/N-ethyl adjacent to an activating group) is 1. The first kappa shape index (κ1) is 22.7. The van der Waals surface area contributed by atoms with Gasteiger partial charge in [-0.1, -0.05) is 54.1 Å². The number of nitrogens with one attached hydrogen (secondary N) is 2. The van der Waals surface area contributed by atoms with E-state index in [9.17, 15) is 24.3 Å². The highest BCUT2D eigenvalue weighted by molar-refractivity contribution is 6.14. The van der Waals surface area contributed by atoms with Gasteiger partial charge < -0.3 is 20.6 Å². The van der Waals surface area contributed by atoms with Crippen molar-refractivity contribution in [3.05, 3.63) is 83.1 Å². The van der Waals surface area contributed by atoms with Crippen LogP contribution in [0.2, 0.25) is 0 Å². The number of aliphatic carboxylic acids is 1. The normalized spacial score (nSPS) is 16.6. The summed E-state index contributed by atoms with van der Waals surface area (Å²) in [6.07, 6.45) is 2.83. The van der Waals surface area contributed by atoms with E-state index in [1.807, 2.05) is 43.3 Å². The number of ketones is 1. The molecule has 3 rings (SSSR count). The summed E-state index contributed by atoms with van der Waals surface area (Å²) >= 11 is 0. The minimum atomic E-state index is -1.34. The molecule has 1 aliphatic heterocycles. The first-order valence-corrected chi connectivity index (χ1v) is 10.1. The lowest BCUT2D eigenvalue weighted by Gasteiger charge is -2.25. The lowest BCUT2D eigenvalue weighted by molar-refractivity contribution is -0.138. The zero-order valence-corrected chi connectivity index (χ0v) is 17.9. The molecule has 2 unspecified atom stereocenters. The lowest BCUT2D eigenvalue weighted by atomic mass is 9.97. The fraction of sp³-hybridized carbons (Fsp3) is 0.250. The van der Waals surface area contributed by atoms with Crippen LogP contribution in [0.3, 0.4) is 0 Å². The molecule has 1 aliphatic rings. The summed E-state index contributed by atoms with van der Waals surface area (Å²) in [4.78, 5) is 49.3. The topological polar surface area (TPSA) is 116 Å². The van der Waals surface area contributed by atoms with Gasteiger partial charge in [0.1, 0.15) is 0 Å². The smallest absolute Gasteiger partial charge is 0.316 e. The molecule has 0 fully saturated rings. The fourth-order valence-corrected chi connectivity index (χ4v) is 3.43. The molecule has 166 valence electrons. The Hall–Kier alpha value is -3.94. The molecule has 0 saturated heterocycles. The number of nitrogens with zero attached hydrogens (tertiary/aromatic N) is 1. The molecule has 0 aliphatic carbocycles. The first-order valence-electron chi connectivity index (χ1n) is 10.1. The summed E-state index contributed by atoms with van der Waals surface area (Å²) in [5.41, 5.74) is 3.86. The van der Waals surface area contributed by atoms with E-state index >= 15 is 0 Å². The summed E-state index contributed by atoms with van der Waals surface area (Å²) in [6.45, 7) is 2.01. The Morgan fingerprint density at radius 1 is 1.09 bits per heavy atom. The summed E-state index contributed by atoms with van der Waals surface area (Å²) in [6, 6.07) is 12.5. The highest BCUT2D eigenvalue weighted by Crippen LogP contribution is 2.20. The fourth-order valence-electron chi connectivity index (χ4n) is 3.43. The van der Waals surface area contributed by atoms with E-state index in [1.54, 1.807) is 12.1 Å². The summed E-state index contributed by atoms with van der Waals surface area (Å²) in [5, 5.41) is 14.3. The molecular weight excluding hydrogens is 410 g/mol. The third-order valence-corrected chi connectivity index (χ3v) is 5.18.